The molecule has 13 heteroatoms. The van der Waals surface area contributed by atoms with Crippen LogP contribution in [-0.4, -0.2) is 97.6 Å². The maximum atomic E-state index is 12.5. The largest absolute Gasteiger partial charge is 0.479 e. The number of carbonyl (C=O) groups excluding carboxylic acids is 1. The molecule has 0 aromatic heterocycles. The molecule has 1 saturated heterocycles. The average molecular weight is 581 g/mol. The molecule has 2 unspecified atom stereocenters. The minimum absolute atomic E-state index is 0.118. The molecule has 1 fully saturated rings. The van der Waals surface area contributed by atoms with Gasteiger partial charge in [-0.3, -0.25) is 9.36 Å². The van der Waals surface area contributed by atoms with Gasteiger partial charge >= 0.3 is 13.6 Å². The lowest BCUT2D eigenvalue weighted by molar-refractivity contribution is -0.148. The summed E-state index contributed by atoms with van der Waals surface area (Å²) >= 11 is 0. The lowest BCUT2D eigenvalue weighted by atomic mass is 10.0. The van der Waals surface area contributed by atoms with E-state index < -0.39 is 74.8 Å². The zero-order chi connectivity index (χ0) is 29.5. The van der Waals surface area contributed by atoms with Crippen LogP contribution in [0.25, 0.3) is 0 Å². The van der Waals surface area contributed by atoms with Gasteiger partial charge in [0.15, 0.2) is 5.54 Å². The number of rotatable bonds is 21. The highest BCUT2D eigenvalue weighted by atomic mass is 31.2. The summed E-state index contributed by atoms with van der Waals surface area (Å²) in [6.07, 6.45) is 8.67. The summed E-state index contributed by atoms with van der Waals surface area (Å²) in [5.41, 5.74) is -1.95. The van der Waals surface area contributed by atoms with Crippen LogP contribution < -0.4 is 10.6 Å². The third-order valence-electron chi connectivity index (χ3n) is 6.87. The van der Waals surface area contributed by atoms with Crippen molar-refractivity contribution in [2.45, 2.75) is 120 Å². The lowest BCUT2D eigenvalue weighted by Crippen LogP contribution is -2.55. The highest BCUT2D eigenvalue weighted by molar-refractivity contribution is 7.52. The van der Waals surface area contributed by atoms with Gasteiger partial charge in [0, 0.05) is 12.5 Å². The number of unbranched alkanes of at least 4 members (excludes halogenated alkanes) is 7. The van der Waals surface area contributed by atoms with Crippen molar-refractivity contribution >= 4 is 19.5 Å². The SMILES string of the molecule is CCCC/C=C\CCCCCCCC(=O)NC(C)(COP(=O)(O)C[C@H](O)C[C@H]1N[C@H](CO)[C@@H](O)[C@@H]1O)C(=O)O. The normalized spacial score (nSPS) is 25.3. The van der Waals surface area contributed by atoms with Crippen molar-refractivity contribution in [1.82, 2.24) is 10.6 Å². The molecule has 228 valence electrons. The van der Waals surface area contributed by atoms with E-state index >= 15 is 0 Å². The molecule has 1 aliphatic heterocycles. The van der Waals surface area contributed by atoms with E-state index in [1.807, 2.05) is 0 Å². The topological polar surface area (TPSA) is 206 Å². The average Bonchev–Trinajstić information content (AvgIpc) is 3.13. The molecule has 0 saturated carbocycles. The molecular formula is C26H49N2O10P. The zero-order valence-electron chi connectivity index (χ0n) is 23.2. The summed E-state index contributed by atoms with van der Waals surface area (Å²) in [5.74, 6) is -1.95. The van der Waals surface area contributed by atoms with Crippen molar-refractivity contribution in [1.29, 1.82) is 0 Å². The van der Waals surface area contributed by atoms with Crippen molar-refractivity contribution in [3.63, 3.8) is 0 Å². The van der Waals surface area contributed by atoms with Crippen LogP contribution in [0, 0.1) is 0 Å². The third-order valence-corrected chi connectivity index (χ3v) is 8.29. The molecule has 8 N–H and O–H groups in total. The van der Waals surface area contributed by atoms with E-state index in [1.54, 1.807) is 0 Å². The fourth-order valence-corrected chi connectivity index (χ4v) is 5.64. The second-order valence-corrected chi connectivity index (χ2v) is 12.5. The van der Waals surface area contributed by atoms with E-state index in [0.29, 0.717) is 6.42 Å². The van der Waals surface area contributed by atoms with Crippen LogP contribution in [0.1, 0.15) is 84.5 Å². The predicted octanol–water partition coefficient (Wildman–Crippen LogP) is 1.43. The number of hydrogen-bond acceptors (Lipinski definition) is 9. The highest BCUT2D eigenvalue weighted by Gasteiger charge is 2.42. The van der Waals surface area contributed by atoms with Gasteiger partial charge in [-0.1, -0.05) is 51.2 Å². The molecule has 0 aliphatic carbocycles. The van der Waals surface area contributed by atoms with Gasteiger partial charge in [-0.15, -0.1) is 0 Å². The summed E-state index contributed by atoms with van der Waals surface area (Å²) < 4.78 is 17.5. The summed E-state index contributed by atoms with van der Waals surface area (Å²) in [6.45, 7) is 2.10. The first-order valence-corrected chi connectivity index (χ1v) is 15.7. The first kappa shape index (κ1) is 35.7. The molecule has 7 atom stereocenters. The standard InChI is InChI=1S/C26H49N2O10P/c1-3-4-5-6-7-8-9-10-11-12-13-14-22(31)28-26(2,25(34)35)18-38-39(36,37)17-19(30)15-20-23(32)24(33)21(16-29)27-20/h6-7,19-21,23-24,27,29-30,32-33H,3-5,8-18H2,1-2H3,(H,28,31)(H,34,35)(H,36,37)/b7-6-/t19-,20-,21-,23-,24-,26?/m1/s1. The number of nitrogens with one attached hydrogen (secondary N) is 2. The Morgan fingerprint density at radius 2 is 1.64 bits per heavy atom. The van der Waals surface area contributed by atoms with Crippen LogP contribution in [0.5, 0.6) is 0 Å². The molecule has 1 heterocycles. The molecule has 0 aromatic carbocycles. The van der Waals surface area contributed by atoms with Crippen molar-refractivity contribution < 1.29 is 49.1 Å². The number of hydrogen-bond donors (Lipinski definition) is 8. The van der Waals surface area contributed by atoms with Gasteiger partial charge in [0.05, 0.1) is 43.7 Å². The molecule has 0 bridgehead atoms. The molecule has 12 nitrogen and oxygen atoms in total. The Labute approximate surface area is 231 Å². The van der Waals surface area contributed by atoms with Gasteiger partial charge < -0.3 is 45.6 Å². The second kappa shape index (κ2) is 18.1. The smallest absolute Gasteiger partial charge is 0.331 e. The summed E-state index contributed by atoms with van der Waals surface area (Å²) in [6, 6.07) is -1.63. The molecule has 1 amide bonds. The van der Waals surface area contributed by atoms with Crippen molar-refractivity contribution in [2.75, 3.05) is 19.4 Å². The van der Waals surface area contributed by atoms with Gasteiger partial charge in [-0.2, -0.15) is 0 Å². The van der Waals surface area contributed by atoms with E-state index in [4.69, 9.17) is 4.52 Å². The molecular weight excluding hydrogens is 531 g/mol. The van der Waals surface area contributed by atoms with Crippen LogP contribution >= 0.6 is 7.60 Å². The van der Waals surface area contributed by atoms with E-state index in [0.717, 1.165) is 38.5 Å². The van der Waals surface area contributed by atoms with E-state index in [1.165, 1.54) is 19.8 Å². The zero-order valence-corrected chi connectivity index (χ0v) is 24.1. The van der Waals surface area contributed by atoms with Crippen molar-refractivity contribution in [3.05, 3.63) is 12.2 Å². The molecule has 0 radical (unpaired) electrons. The Morgan fingerprint density at radius 1 is 1.05 bits per heavy atom. The maximum absolute atomic E-state index is 12.5. The summed E-state index contributed by atoms with van der Waals surface area (Å²) in [7, 11) is -4.48. The van der Waals surface area contributed by atoms with Crippen molar-refractivity contribution in [2.24, 2.45) is 0 Å². The van der Waals surface area contributed by atoms with E-state index in [-0.39, 0.29) is 12.8 Å². The fraction of sp³-hybridized carbons (Fsp3) is 0.846. The number of amides is 1. The summed E-state index contributed by atoms with van der Waals surface area (Å²) in [4.78, 5) is 34.3. The number of carboxylic acids is 1. The molecule has 39 heavy (non-hydrogen) atoms. The number of carboxylic acid groups (broad SMARTS) is 1. The number of aliphatic carboxylic acids is 1. The molecule has 0 spiro atoms. The van der Waals surface area contributed by atoms with Gasteiger partial charge in [0.25, 0.3) is 0 Å². The van der Waals surface area contributed by atoms with Crippen LogP contribution in [0.2, 0.25) is 0 Å². The third kappa shape index (κ3) is 13.7. The van der Waals surface area contributed by atoms with E-state index in [9.17, 15) is 44.6 Å². The van der Waals surface area contributed by atoms with Crippen LogP contribution in [0.4, 0.5) is 0 Å². The Kier molecular flexibility index (Phi) is 16.6. The first-order chi connectivity index (χ1) is 18.3. The fourth-order valence-electron chi connectivity index (χ4n) is 4.39. The monoisotopic (exact) mass is 580 g/mol. The summed E-state index contributed by atoms with van der Waals surface area (Å²) in [5, 5.41) is 54.0. The number of carbonyl (C=O) groups is 2. The quantitative estimate of drug-likeness (QED) is 0.0554. The first-order valence-electron chi connectivity index (χ1n) is 13.9. The Bertz CT molecular complexity index is 814. The van der Waals surface area contributed by atoms with Gasteiger partial charge in [-0.05, 0) is 39.0 Å². The molecule has 0 aromatic rings. The number of aliphatic hydroxyl groups is 4. The van der Waals surface area contributed by atoms with Crippen LogP contribution in [0.15, 0.2) is 12.2 Å². The van der Waals surface area contributed by atoms with Gasteiger partial charge in [0.2, 0.25) is 5.91 Å². The minimum Gasteiger partial charge on any atom is -0.479 e. The maximum Gasteiger partial charge on any atom is 0.331 e. The predicted molar refractivity (Wildman–Crippen MR) is 146 cm³/mol. The Hall–Kier alpha value is -1.37. The second-order valence-electron chi connectivity index (χ2n) is 10.6. The van der Waals surface area contributed by atoms with Crippen LogP contribution in [-0.2, 0) is 18.7 Å². The minimum atomic E-state index is -4.48. The lowest BCUT2D eigenvalue weighted by Gasteiger charge is -2.28. The molecule has 1 aliphatic rings. The van der Waals surface area contributed by atoms with Crippen molar-refractivity contribution in [3.8, 4) is 0 Å². The van der Waals surface area contributed by atoms with Gasteiger partial charge in [-0.25, -0.2) is 4.79 Å². The van der Waals surface area contributed by atoms with Crippen LogP contribution in [0.3, 0.4) is 0 Å². The number of aliphatic hydroxyl groups excluding tert-OH is 4. The van der Waals surface area contributed by atoms with E-state index in [2.05, 4.69) is 29.7 Å². The highest BCUT2D eigenvalue weighted by Crippen LogP contribution is 2.44. The Balaban J connectivity index is 2.40. The Morgan fingerprint density at radius 3 is 2.23 bits per heavy atom. The van der Waals surface area contributed by atoms with Gasteiger partial charge in [0.1, 0.15) is 0 Å². The molecule has 1 rings (SSSR count). The number of allylic oxidation sites excluding steroid dienone is 2.